The van der Waals surface area contributed by atoms with Crippen LogP contribution in [0.1, 0.15) is 38.5 Å². The highest BCUT2D eigenvalue weighted by Gasteiger charge is 2.46. The summed E-state index contributed by atoms with van der Waals surface area (Å²) < 4.78 is 47.9. The van der Waals surface area contributed by atoms with Gasteiger partial charge in [0.05, 0.1) is 0 Å². The van der Waals surface area contributed by atoms with Crippen molar-refractivity contribution in [1.29, 1.82) is 0 Å². The lowest BCUT2D eigenvalue weighted by Crippen LogP contribution is -2.46. The van der Waals surface area contributed by atoms with Crippen LogP contribution in [-0.4, -0.2) is 29.0 Å². The molecule has 1 aliphatic carbocycles. The normalized spacial score (nSPS) is 19.6. The fourth-order valence-corrected chi connectivity index (χ4v) is 6.25. The van der Waals surface area contributed by atoms with Gasteiger partial charge in [-0.15, -0.1) is 0 Å². The van der Waals surface area contributed by atoms with E-state index in [9.17, 15) is 13.2 Å². The van der Waals surface area contributed by atoms with Gasteiger partial charge < -0.3 is 8.85 Å². The number of halogens is 3. The molecule has 1 rings (SSSR count). The van der Waals surface area contributed by atoms with Gasteiger partial charge in [0.15, 0.2) is 0 Å². The molecular formula is C11H21F3O2Si. The van der Waals surface area contributed by atoms with Crippen LogP contribution in [0, 0.1) is 0 Å². The molecule has 0 heterocycles. The van der Waals surface area contributed by atoms with Gasteiger partial charge in [-0.2, -0.15) is 13.2 Å². The van der Waals surface area contributed by atoms with E-state index in [2.05, 4.69) is 0 Å². The Morgan fingerprint density at radius 3 is 2.00 bits per heavy atom. The van der Waals surface area contributed by atoms with Gasteiger partial charge in [-0.1, -0.05) is 19.3 Å². The molecule has 0 radical (unpaired) electrons. The van der Waals surface area contributed by atoms with Crippen LogP contribution < -0.4 is 0 Å². The topological polar surface area (TPSA) is 18.5 Å². The van der Waals surface area contributed by atoms with Gasteiger partial charge in [0.25, 0.3) is 0 Å². The molecule has 0 aliphatic heterocycles. The lowest BCUT2D eigenvalue weighted by atomic mass is 10.0. The molecule has 0 amide bonds. The molecule has 102 valence electrons. The largest absolute Gasteiger partial charge is 0.397 e. The summed E-state index contributed by atoms with van der Waals surface area (Å²) >= 11 is 0. The second-order valence-electron chi connectivity index (χ2n) is 4.67. The van der Waals surface area contributed by atoms with Gasteiger partial charge in [-0.3, -0.25) is 0 Å². The van der Waals surface area contributed by atoms with E-state index in [1.54, 1.807) is 0 Å². The summed E-state index contributed by atoms with van der Waals surface area (Å²) in [5, 5.41) is 0. The molecule has 0 aromatic rings. The minimum Gasteiger partial charge on any atom is -0.397 e. The summed E-state index contributed by atoms with van der Waals surface area (Å²) in [7, 11) is 0.329. The minimum atomic E-state index is -4.12. The third-order valence-electron chi connectivity index (χ3n) is 3.68. The highest BCUT2D eigenvalue weighted by Crippen LogP contribution is 2.41. The van der Waals surface area contributed by atoms with Crippen LogP contribution in [0.5, 0.6) is 0 Å². The summed E-state index contributed by atoms with van der Waals surface area (Å²) in [6, 6.07) is 0.0220. The molecule has 0 atom stereocenters. The van der Waals surface area contributed by atoms with E-state index in [1.165, 1.54) is 20.6 Å². The number of rotatable bonds is 5. The highest BCUT2D eigenvalue weighted by molar-refractivity contribution is 6.69. The van der Waals surface area contributed by atoms with E-state index >= 15 is 0 Å². The van der Waals surface area contributed by atoms with Gasteiger partial charge in [0.2, 0.25) is 0 Å². The molecule has 0 bridgehead atoms. The van der Waals surface area contributed by atoms with Gasteiger partial charge in [-0.05, 0) is 18.9 Å². The van der Waals surface area contributed by atoms with E-state index in [0.29, 0.717) is 0 Å². The Bertz CT molecular complexity index is 223. The molecule has 0 saturated heterocycles. The van der Waals surface area contributed by atoms with Crippen molar-refractivity contribution in [2.75, 3.05) is 14.2 Å². The van der Waals surface area contributed by atoms with Crippen molar-refractivity contribution in [1.82, 2.24) is 0 Å². The van der Waals surface area contributed by atoms with Gasteiger partial charge in [0.1, 0.15) is 0 Å². The van der Waals surface area contributed by atoms with Crippen LogP contribution in [0.15, 0.2) is 0 Å². The van der Waals surface area contributed by atoms with E-state index < -0.39 is 21.2 Å². The summed E-state index contributed by atoms with van der Waals surface area (Å²) in [5.74, 6) is 0. The molecule has 0 unspecified atom stereocenters. The molecule has 6 heteroatoms. The maximum Gasteiger partial charge on any atom is 0.389 e. The third kappa shape index (κ3) is 4.26. The smallest absolute Gasteiger partial charge is 0.389 e. The van der Waals surface area contributed by atoms with Crippen LogP contribution in [0.4, 0.5) is 13.2 Å². The molecule has 0 aromatic carbocycles. The third-order valence-corrected chi connectivity index (χ3v) is 7.83. The number of alkyl halides is 3. The molecule has 2 nitrogen and oxygen atoms in total. The first-order valence-electron chi connectivity index (χ1n) is 6.10. The average molecular weight is 270 g/mol. The second kappa shape index (κ2) is 6.20. The van der Waals surface area contributed by atoms with Crippen molar-refractivity contribution < 1.29 is 22.0 Å². The quantitative estimate of drug-likeness (QED) is 0.703. The zero-order valence-electron chi connectivity index (χ0n) is 10.5. The molecule has 0 N–H and O–H groups in total. The first kappa shape index (κ1) is 15.0. The summed E-state index contributed by atoms with van der Waals surface area (Å²) in [6.07, 6.45) is 0.322. The Kier molecular flexibility index (Phi) is 5.46. The monoisotopic (exact) mass is 270 g/mol. The number of hydrogen-bond donors (Lipinski definition) is 0. The van der Waals surface area contributed by atoms with Gasteiger partial charge in [0, 0.05) is 26.2 Å². The first-order chi connectivity index (χ1) is 7.93. The first-order valence-corrected chi connectivity index (χ1v) is 8.20. The lowest BCUT2D eigenvalue weighted by Gasteiger charge is -2.37. The Balaban J connectivity index is 2.66. The Labute approximate surface area is 102 Å². The molecule has 0 spiro atoms. The minimum absolute atomic E-state index is 0.0220. The summed E-state index contributed by atoms with van der Waals surface area (Å²) in [5.41, 5.74) is 0.216. The highest BCUT2D eigenvalue weighted by atomic mass is 28.4. The summed E-state index contributed by atoms with van der Waals surface area (Å²) in [6.45, 7) is 0. The van der Waals surface area contributed by atoms with E-state index in [4.69, 9.17) is 8.85 Å². The number of hydrogen-bond acceptors (Lipinski definition) is 2. The Morgan fingerprint density at radius 2 is 1.59 bits per heavy atom. The SMILES string of the molecule is CO[Si](CCC(F)(F)F)(OC)C1CCCCC1. The second-order valence-corrected chi connectivity index (χ2v) is 8.43. The average Bonchev–Trinajstić information content (AvgIpc) is 2.31. The predicted octanol–water partition coefficient (Wildman–Crippen LogP) is 4.01. The van der Waals surface area contributed by atoms with E-state index in [0.717, 1.165) is 25.7 Å². The standard InChI is InChI=1S/C11H21F3O2Si/c1-15-17(16-2,9-8-11(12,13)14)10-6-4-3-5-7-10/h10H,3-9H2,1-2H3. The van der Waals surface area contributed by atoms with Crippen LogP contribution in [0.2, 0.25) is 11.6 Å². The van der Waals surface area contributed by atoms with E-state index in [-0.39, 0.29) is 11.6 Å². The predicted molar refractivity (Wildman–Crippen MR) is 62.1 cm³/mol. The van der Waals surface area contributed by atoms with Crippen molar-refractivity contribution in [3.8, 4) is 0 Å². The van der Waals surface area contributed by atoms with Crippen LogP contribution in [0.3, 0.4) is 0 Å². The van der Waals surface area contributed by atoms with Crippen molar-refractivity contribution >= 4 is 8.56 Å². The molecule has 1 fully saturated rings. The molecule has 0 aromatic heterocycles. The van der Waals surface area contributed by atoms with Crippen molar-refractivity contribution in [2.45, 2.75) is 56.3 Å². The zero-order chi connectivity index (χ0) is 12.9. The van der Waals surface area contributed by atoms with Gasteiger partial charge >= 0.3 is 14.7 Å². The van der Waals surface area contributed by atoms with Crippen molar-refractivity contribution in [3.05, 3.63) is 0 Å². The molecule has 1 aliphatic rings. The lowest BCUT2D eigenvalue weighted by molar-refractivity contribution is -0.132. The molecule has 1 saturated carbocycles. The van der Waals surface area contributed by atoms with Crippen LogP contribution in [-0.2, 0) is 8.85 Å². The van der Waals surface area contributed by atoms with Crippen molar-refractivity contribution in [2.24, 2.45) is 0 Å². The molecule has 17 heavy (non-hydrogen) atoms. The maximum absolute atomic E-state index is 12.3. The zero-order valence-corrected chi connectivity index (χ0v) is 11.5. The Morgan fingerprint density at radius 1 is 1.06 bits per heavy atom. The van der Waals surface area contributed by atoms with Crippen LogP contribution >= 0.6 is 0 Å². The van der Waals surface area contributed by atoms with Crippen molar-refractivity contribution in [3.63, 3.8) is 0 Å². The Hall–Kier alpha value is -0.0731. The van der Waals surface area contributed by atoms with Crippen LogP contribution in [0.25, 0.3) is 0 Å². The van der Waals surface area contributed by atoms with E-state index in [1.807, 2.05) is 0 Å². The van der Waals surface area contributed by atoms with Gasteiger partial charge in [-0.25, -0.2) is 0 Å². The fraction of sp³-hybridized carbons (Fsp3) is 1.00. The summed E-state index contributed by atoms with van der Waals surface area (Å²) in [4.78, 5) is 0. The maximum atomic E-state index is 12.3. The molecular weight excluding hydrogens is 249 g/mol. The fourth-order valence-electron chi connectivity index (χ4n) is 2.68.